The van der Waals surface area contributed by atoms with E-state index >= 15 is 0 Å². The van der Waals surface area contributed by atoms with Crippen molar-refractivity contribution in [2.24, 2.45) is 10.9 Å². The van der Waals surface area contributed by atoms with E-state index in [4.69, 9.17) is 9.73 Å². The van der Waals surface area contributed by atoms with E-state index in [9.17, 15) is 4.79 Å². The van der Waals surface area contributed by atoms with E-state index in [0.717, 1.165) is 51.4 Å². The minimum atomic E-state index is -0.235. The van der Waals surface area contributed by atoms with Gasteiger partial charge < -0.3 is 20.3 Å². The lowest BCUT2D eigenvalue weighted by Gasteiger charge is -2.32. The van der Waals surface area contributed by atoms with Gasteiger partial charge in [0.15, 0.2) is 5.96 Å². The SMILES string of the molecule is CCNC(=NCC(C)Cc1cccs1)NC1CCN(C(=O)OC)CC1. The van der Waals surface area contributed by atoms with Gasteiger partial charge in [-0.25, -0.2) is 4.79 Å². The molecule has 1 atom stereocenters. The molecule has 6 nitrogen and oxygen atoms in total. The Balaban J connectivity index is 1.80. The van der Waals surface area contributed by atoms with Gasteiger partial charge in [0.1, 0.15) is 0 Å². The van der Waals surface area contributed by atoms with Crippen LogP contribution in [0.1, 0.15) is 31.6 Å². The third kappa shape index (κ3) is 6.57. The van der Waals surface area contributed by atoms with Crippen LogP contribution in [0.15, 0.2) is 22.5 Å². The van der Waals surface area contributed by atoms with Gasteiger partial charge in [-0.1, -0.05) is 13.0 Å². The number of thiophene rings is 1. The van der Waals surface area contributed by atoms with E-state index in [1.54, 1.807) is 16.2 Å². The molecule has 2 N–H and O–H groups in total. The van der Waals surface area contributed by atoms with Gasteiger partial charge in [-0.2, -0.15) is 0 Å². The highest BCUT2D eigenvalue weighted by molar-refractivity contribution is 7.09. The number of nitrogens with zero attached hydrogens (tertiary/aromatic N) is 2. The second-order valence-corrected chi connectivity index (χ2v) is 7.52. The van der Waals surface area contributed by atoms with E-state index in [1.165, 1.54) is 12.0 Å². The smallest absolute Gasteiger partial charge is 0.409 e. The predicted molar refractivity (Wildman–Crippen MR) is 103 cm³/mol. The third-order valence-corrected chi connectivity index (χ3v) is 5.20. The second kappa shape index (κ2) is 10.3. The summed E-state index contributed by atoms with van der Waals surface area (Å²) in [5, 5.41) is 8.96. The van der Waals surface area contributed by atoms with Gasteiger partial charge in [-0.15, -0.1) is 11.3 Å². The summed E-state index contributed by atoms with van der Waals surface area (Å²) in [7, 11) is 1.43. The molecule has 0 bridgehead atoms. The van der Waals surface area contributed by atoms with E-state index in [1.807, 2.05) is 0 Å². The average molecular weight is 367 g/mol. The molecule has 1 aromatic heterocycles. The molecule has 0 spiro atoms. The first-order valence-electron chi connectivity index (χ1n) is 9.02. The summed E-state index contributed by atoms with van der Waals surface area (Å²) in [5.74, 6) is 1.38. The maximum atomic E-state index is 11.6. The minimum absolute atomic E-state index is 0.235. The molecule has 1 aliphatic heterocycles. The maximum absolute atomic E-state index is 11.6. The molecule has 7 heteroatoms. The van der Waals surface area contributed by atoms with Crippen LogP contribution in [0.5, 0.6) is 0 Å². The van der Waals surface area contributed by atoms with Crippen molar-refractivity contribution in [1.29, 1.82) is 0 Å². The molecule has 0 saturated carbocycles. The Labute approximate surface area is 154 Å². The molecule has 0 radical (unpaired) electrons. The molecule has 2 rings (SSSR count). The van der Waals surface area contributed by atoms with Gasteiger partial charge in [0.25, 0.3) is 0 Å². The van der Waals surface area contributed by atoms with Crippen LogP contribution < -0.4 is 10.6 Å². The van der Waals surface area contributed by atoms with Crippen molar-refractivity contribution in [3.05, 3.63) is 22.4 Å². The van der Waals surface area contributed by atoms with Crippen molar-refractivity contribution in [2.75, 3.05) is 33.3 Å². The number of carbonyl (C=O) groups excluding carboxylic acids is 1. The fraction of sp³-hybridized carbons (Fsp3) is 0.667. The quantitative estimate of drug-likeness (QED) is 0.600. The predicted octanol–water partition coefficient (Wildman–Crippen LogP) is 2.71. The molecule has 2 heterocycles. The van der Waals surface area contributed by atoms with Crippen LogP contribution in [0.25, 0.3) is 0 Å². The number of amides is 1. The first-order valence-corrected chi connectivity index (χ1v) is 9.90. The molecular formula is C18H30N4O2S. The summed E-state index contributed by atoms with van der Waals surface area (Å²) in [4.78, 5) is 19.5. The molecule has 1 saturated heterocycles. The van der Waals surface area contributed by atoms with Crippen molar-refractivity contribution in [3.8, 4) is 0 Å². The van der Waals surface area contributed by atoms with Crippen LogP contribution in [0, 0.1) is 5.92 Å². The first-order chi connectivity index (χ1) is 12.1. The normalized spacial score (nSPS) is 17.2. The number of rotatable bonds is 6. The maximum Gasteiger partial charge on any atom is 0.409 e. The fourth-order valence-corrected chi connectivity index (χ4v) is 3.80. The number of guanidine groups is 1. The summed E-state index contributed by atoms with van der Waals surface area (Å²) in [6.07, 6.45) is 2.65. The van der Waals surface area contributed by atoms with Crippen LogP contribution in [0.2, 0.25) is 0 Å². The Morgan fingerprint density at radius 2 is 2.24 bits per heavy atom. The van der Waals surface area contributed by atoms with Crippen LogP contribution in [-0.4, -0.2) is 56.3 Å². The largest absolute Gasteiger partial charge is 0.453 e. The molecule has 1 amide bonds. The van der Waals surface area contributed by atoms with Gasteiger partial charge in [0.2, 0.25) is 0 Å². The Bertz CT molecular complexity index is 539. The van der Waals surface area contributed by atoms with Crippen molar-refractivity contribution < 1.29 is 9.53 Å². The zero-order valence-corrected chi connectivity index (χ0v) is 16.3. The molecule has 25 heavy (non-hydrogen) atoms. The summed E-state index contributed by atoms with van der Waals surface area (Å²) in [5.41, 5.74) is 0. The number of methoxy groups -OCH3 is 1. The zero-order valence-electron chi connectivity index (χ0n) is 15.5. The number of piperidine rings is 1. The van der Waals surface area contributed by atoms with E-state index in [2.05, 4.69) is 42.0 Å². The average Bonchev–Trinajstić information content (AvgIpc) is 3.13. The van der Waals surface area contributed by atoms with Crippen molar-refractivity contribution in [2.45, 2.75) is 39.2 Å². The second-order valence-electron chi connectivity index (χ2n) is 6.48. The van der Waals surface area contributed by atoms with E-state index in [-0.39, 0.29) is 6.09 Å². The van der Waals surface area contributed by atoms with Gasteiger partial charge >= 0.3 is 6.09 Å². The molecule has 140 valence electrons. The summed E-state index contributed by atoms with van der Waals surface area (Å²) in [6, 6.07) is 4.62. The number of likely N-dealkylation sites (tertiary alicyclic amines) is 1. The molecule has 0 aromatic carbocycles. The third-order valence-electron chi connectivity index (χ3n) is 4.30. The summed E-state index contributed by atoms with van der Waals surface area (Å²) < 4.78 is 4.78. The molecule has 0 aliphatic carbocycles. The van der Waals surface area contributed by atoms with Crippen molar-refractivity contribution in [1.82, 2.24) is 15.5 Å². The molecule has 1 aliphatic rings. The van der Waals surface area contributed by atoms with E-state index < -0.39 is 0 Å². The highest BCUT2D eigenvalue weighted by Crippen LogP contribution is 2.15. The molecule has 1 fully saturated rings. The fourth-order valence-electron chi connectivity index (χ4n) is 2.93. The number of ether oxygens (including phenoxy) is 1. The Morgan fingerprint density at radius 1 is 1.48 bits per heavy atom. The number of nitrogens with one attached hydrogen (secondary N) is 2. The first kappa shape index (κ1) is 19.6. The lowest BCUT2D eigenvalue weighted by atomic mass is 10.1. The number of hydrogen-bond donors (Lipinski definition) is 2. The standard InChI is InChI=1S/C18H30N4O2S/c1-4-19-17(20-13-14(2)12-16-6-5-11-25-16)21-15-7-9-22(10-8-15)18(23)24-3/h5-6,11,14-15H,4,7-10,12-13H2,1-3H3,(H2,19,20,21). The highest BCUT2D eigenvalue weighted by atomic mass is 32.1. The lowest BCUT2D eigenvalue weighted by molar-refractivity contribution is 0.111. The zero-order chi connectivity index (χ0) is 18.1. The number of hydrogen-bond acceptors (Lipinski definition) is 4. The Hall–Kier alpha value is -1.76. The lowest BCUT2D eigenvalue weighted by Crippen LogP contribution is -2.49. The van der Waals surface area contributed by atoms with Crippen LogP contribution >= 0.6 is 11.3 Å². The summed E-state index contributed by atoms with van der Waals surface area (Å²) in [6.45, 7) is 7.39. The number of carbonyl (C=O) groups is 1. The Kier molecular flexibility index (Phi) is 8.04. The van der Waals surface area contributed by atoms with Crippen LogP contribution in [0.4, 0.5) is 4.79 Å². The van der Waals surface area contributed by atoms with Gasteiger partial charge in [-0.3, -0.25) is 4.99 Å². The van der Waals surface area contributed by atoms with Gasteiger partial charge in [-0.05, 0) is 43.6 Å². The molecule has 1 aromatic rings. The van der Waals surface area contributed by atoms with E-state index in [0.29, 0.717) is 12.0 Å². The Morgan fingerprint density at radius 3 is 2.84 bits per heavy atom. The minimum Gasteiger partial charge on any atom is -0.453 e. The van der Waals surface area contributed by atoms with Gasteiger partial charge in [0.05, 0.1) is 7.11 Å². The number of aliphatic imine (C=N–C) groups is 1. The summed E-state index contributed by atoms with van der Waals surface area (Å²) >= 11 is 1.81. The van der Waals surface area contributed by atoms with Gasteiger partial charge in [0, 0.05) is 37.1 Å². The topological polar surface area (TPSA) is 66.0 Å². The molecule has 1 unspecified atom stereocenters. The van der Waals surface area contributed by atoms with Crippen molar-refractivity contribution >= 4 is 23.4 Å². The van der Waals surface area contributed by atoms with Crippen molar-refractivity contribution in [3.63, 3.8) is 0 Å². The monoisotopic (exact) mass is 366 g/mol. The highest BCUT2D eigenvalue weighted by Gasteiger charge is 2.23. The molecular weight excluding hydrogens is 336 g/mol. The van der Waals surface area contributed by atoms with Crippen LogP contribution in [0.3, 0.4) is 0 Å². The van der Waals surface area contributed by atoms with Crippen LogP contribution in [-0.2, 0) is 11.2 Å².